The number of sulfonamides is 1. The van der Waals surface area contributed by atoms with Crippen LogP contribution in [0.25, 0.3) is 0 Å². The van der Waals surface area contributed by atoms with Crippen LogP contribution in [0.1, 0.15) is 11.1 Å². The molecule has 0 radical (unpaired) electrons. The van der Waals surface area contributed by atoms with Gasteiger partial charge in [0.2, 0.25) is 5.91 Å². The number of nitrogens with zero attached hydrogens (tertiary/aromatic N) is 1. The van der Waals surface area contributed by atoms with Gasteiger partial charge in [-0.25, -0.2) is 8.42 Å². The molecule has 3 aromatic rings. The Bertz CT molecular complexity index is 1340. The van der Waals surface area contributed by atoms with Crippen molar-refractivity contribution < 1.29 is 27.4 Å². The molecular weight excluding hydrogens is 492 g/mol. The Morgan fingerprint density at radius 3 is 2.20 bits per heavy atom. The Morgan fingerprint density at radius 2 is 1.54 bits per heavy atom. The molecular formula is C25H27ClN2O6S. The first kappa shape index (κ1) is 26.2. The van der Waals surface area contributed by atoms with Gasteiger partial charge in [-0.3, -0.25) is 9.10 Å². The molecule has 0 spiro atoms. The number of methoxy groups -OCH3 is 3. The number of carbonyl (C=O) groups is 1. The van der Waals surface area contributed by atoms with E-state index in [1.54, 1.807) is 6.07 Å². The van der Waals surface area contributed by atoms with Crippen molar-refractivity contribution >= 4 is 38.9 Å². The van der Waals surface area contributed by atoms with Crippen LogP contribution in [0, 0.1) is 13.8 Å². The van der Waals surface area contributed by atoms with Gasteiger partial charge in [-0.2, -0.15) is 0 Å². The summed E-state index contributed by atoms with van der Waals surface area (Å²) in [5.74, 6) is 0.292. The number of aryl methyl sites for hydroxylation is 2. The Labute approximate surface area is 210 Å². The van der Waals surface area contributed by atoms with Gasteiger partial charge in [-0.15, -0.1) is 0 Å². The zero-order chi connectivity index (χ0) is 25.8. The predicted molar refractivity (Wildman–Crippen MR) is 137 cm³/mol. The molecule has 10 heteroatoms. The van der Waals surface area contributed by atoms with Crippen molar-refractivity contribution in [2.24, 2.45) is 0 Å². The van der Waals surface area contributed by atoms with Crippen molar-refractivity contribution in [2.45, 2.75) is 18.7 Å². The SMILES string of the molecule is COc1ccc(S(=O)(=O)N(CC(=O)Nc2cc(C)ccc2C)c2cc(Cl)ccc2OC)cc1OC. The molecule has 0 aromatic heterocycles. The van der Waals surface area contributed by atoms with Crippen molar-refractivity contribution in [2.75, 3.05) is 37.5 Å². The van der Waals surface area contributed by atoms with E-state index in [1.807, 2.05) is 32.0 Å². The highest BCUT2D eigenvalue weighted by Gasteiger charge is 2.31. The molecule has 186 valence electrons. The van der Waals surface area contributed by atoms with Crippen molar-refractivity contribution in [1.29, 1.82) is 0 Å². The summed E-state index contributed by atoms with van der Waals surface area (Å²) in [4.78, 5) is 13.0. The minimum Gasteiger partial charge on any atom is -0.495 e. The van der Waals surface area contributed by atoms with E-state index in [-0.39, 0.29) is 27.1 Å². The van der Waals surface area contributed by atoms with Crippen LogP contribution in [0.2, 0.25) is 5.02 Å². The third kappa shape index (κ3) is 5.80. The lowest BCUT2D eigenvalue weighted by Gasteiger charge is -2.26. The average Bonchev–Trinajstić information content (AvgIpc) is 2.84. The van der Waals surface area contributed by atoms with Gasteiger partial charge in [0, 0.05) is 16.8 Å². The van der Waals surface area contributed by atoms with Gasteiger partial charge in [-0.1, -0.05) is 23.7 Å². The molecule has 0 aliphatic carbocycles. The summed E-state index contributed by atoms with van der Waals surface area (Å²) < 4.78 is 44.5. The highest BCUT2D eigenvalue weighted by atomic mass is 35.5. The number of anilines is 2. The summed E-state index contributed by atoms with van der Waals surface area (Å²) in [6.07, 6.45) is 0. The molecule has 1 amide bonds. The summed E-state index contributed by atoms with van der Waals surface area (Å²) in [5.41, 5.74) is 2.51. The quantitative estimate of drug-likeness (QED) is 0.436. The number of ether oxygens (including phenoxy) is 3. The second kappa shape index (κ2) is 10.9. The van der Waals surface area contributed by atoms with Gasteiger partial charge in [-0.05, 0) is 61.4 Å². The third-order valence-electron chi connectivity index (χ3n) is 5.31. The number of rotatable bonds is 9. The molecule has 0 saturated heterocycles. The van der Waals surface area contributed by atoms with Crippen LogP contribution in [0.15, 0.2) is 59.5 Å². The van der Waals surface area contributed by atoms with Crippen LogP contribution in [0.4, 0.5) is 11.4 Å². The van der Waals surface area contributed by atoms with E-state index < -0.39 is 22.5 Å². The summed E-state index contributed by atoms with van der Waals surface area (Å²) in [5, 5.41) is 3.08. The fourth-order valence-corrected chi connectivity index (χ4v) is 5.06. The molecule has 0 unspecified atom stereocenters. The number of carbonyl (C=O) groups excluding carboxylic acids is 1. The van der Waals surface area contributed by atoms with Gasteiger partial charge in [0.25, 0.3) is 10.0 Å². The van der Waals surface area contributed by atoms with Gasteiger partial charge >= 0.3 is 0 Å². The van der Waals surface area contributed by atoms with Crippen LogP contribution >= 0.6 is 11.6 Å². The van der Waals surface area contributed by atoms with Crippen LogP contribution < -0.4 is 23.8 Å². The van der Waals surface area contributed by atoms with E-state index in [9.17, 15) is 13.2 Å². The van der Waals surface area contributed by atoms with Gasteiger partial charge in [0.05, 0.1) is 31.9 Å². The Hall–Kier alpha value is -3.43. The van der Waals surface area contributed by atoms with E-state index in [2.05, 4.69) is 5.32 Å². The number of amides is 1. The first-order valence-corrected chi connectivity index (χ1v) is 12.4. The third-order valence-corrected chi connectivity index (χ3v) is 7.30. The Kier molecular flexibility index (Phi) is 8.14. The lowest BCUT2D eigenvalue weighted by Crippen LogP contribution is -2.38. The minimum atomic E-state index is -4.27. The van der Waals surface area contributed by atoms with Crippen molar-refractivity contribution in [1.82, 2.24) is 0 Å². The van der Waals surface area contributed by atoms with Gasteiger partial charge in [0.1, 0.15) is 12.3 Å². The molecule has 35 heavy (non-hydrogen) atoms. The maximum atomic E-state index is 13.8. The first-order chi connectivity index (χ1) is 16.6. The Balaban J connectivity index is 2.09. The maximum absolute atomic E-state index is 13.8. The lowest BCUT2D eigenvalue weighted by molar-refractivity contribution is -0.114. The largest absolute Gasteiger partial charge is 0.495 e. The van der Waals surface area contributed by atoms with Gasteiger partial charge in [0.15, 0.2) is 11.5 Å². The molecule has 0 atom stereocenters. The first-order valence-electron chi connectivity index (χ1n) is 10.6. The monoisotopic (exact) mass is 518 g/mol. The highest BCUT2D eigenvalue weighted by Crippen LogP contribution is 2.37. The van der Waals surface area contributed by atoms with Crippen LogP contribution in [-0.4, -0.2) is 42.2 Å². The van der Waals surface area contributed by atoms with Crippen molar-refractivity contribution in [3.05, 3.63) is 70.7 Å². The number of hydrogen-bond donors (Lipinski definition) is 1. The van der Waals surface area contributed by atoms with E-state index >= 15 is 0 Å². The van der Waals surface area contributed by atoms with E-state index in [1.165, 1.54) is 51.7 Å². The molecule has 0 aliphatic rings. The van der Waals surface area contributed by atoms with Crippen molar-refractivity contribution in [3.8, 4) is 17.2 Å². The number of benzene rings is 3. The average molecular weight is 519 g/mol. The van der Waals surface area contributed by atoms with Gasteiger partial charge < -0.3 is 19.5 Å². The summed E-state index contributed by atoms with van der Waals surface area (Å²) in [6.45, 7) is 3.23. The molecule has 3 aromatic carbocycles. The number of nitrogens with one attached hydrogen (secondary N) is 1. The van der Waals surface area contributed by atoms with E-state index in [0.717, 1.165) is 15.4 Å². The lowest BCUT2D eigenvalue weighted by atomic mass is 10.1. The minimum absolute atomic E-state index is 0.100. The Morgan fingerprint density at radius 1 is 0.886 bits per heavy atom. The molecule has 3 rings (SSSR count). The maximum Gasteiger partial charge on any atom is 0.265 e. The molecule has 0 heterocycles. The second-order valence-corrected chi connectivity index (χ2v) is 10.0. The normalized spacial score (nSPS) is 11.0. The molecule has 0 aliphatic heterocycles. The fourth-order valence-electron chi connectivity index (χ4n) is 3.45. The molecule has 0 saturated carbocycles. The zero-order valence-corrected chi connectivity index (χ0v) is 21.7. The number of hydrogen-bond acceptors (Lipinski definition) is 6. The van der Waals surface area contributed by atoms with E-state index in [4.69, 9.17) is 25.8 Å². The second-order valence-electron chi connectivity index (χ2n) is 7.71. The smallest absolute Gasteiger partial charge is 0.265 e. The van der Waals surface area contributed by atoms with Crippen LogP contribution in [0.5, 0.6) is 17.2 Å². The van der Waals surface area contributed by atoms with E-state index in [0.29, 0.717) is 11.4 Å². The van der Waals surface area contributed by atoms with Crippen LogP contribution in [-0.2, 0) is 14.8 Å². The summed E-state index contributed by atoms with van der Waals surface area (Å²) in [6, 6.07) is 14.4. The molecule has 1 N–H and O–H groups in total. The topological polar surface area (TPSA) is 94.2 Å². The standard InChI is InChI=1S/C25H27ClN2O6S/c1-16-6-7-17(2)20(12-16)27-25(29)15-28(21-13-18(26)8-10-22(21)32-3)35(30,31)19-9-11-23(33-4)24(14-19)34-5/h6-14H,15H2,1-5H3,(H,27,29). The number of halogens is 1. The summed E-state index contributed by atoms with van der Waals surface area (Å²) >= 11 is 6.19. The molecule has 0 fully saturated rings. The predicted octanol–water partition coefficient (Wildman–Crippen LogP) is 4.82. The summed E-state index contributed by atoms with van der Waals surface area (Å²) in [7, 11) is -0.00394. The fraction of sp³-hybridized carbons (Fsp3) is 0.240. The van der Waals surface area contributed by atoms with Crippen molar-refractivity contribution in [3.63, 3.8) is 0 Å². The molecule has 8 nitrogen and oxygen atoms in total. The van der Waals surface area contributed by atoms with Crippen LogP contribution in [0.3, 0.4) is 0 Å². The molecule has 0 bridgehead atoms. The zero-order valence-electron chi connectivity index (χ0n) is 20.1. The highest BCUT2D eigenvalue weighted by molar-refractivity contribution is 7.92.